The molecule has 0 spiro atoms. The highest BCUT2D eigenvalue weighted by atomic mass is 32.2. The first kappa shape index (κ1) is 19.1. The second-order valence-corrected chi connectivity index (χ2v) is 7.44. The van der Waals surface area contributed by atoms with Crippen LogP contribution >= 0.6 is 11.8 Å². The van der Waals surface area contributed by atoms with Gasteiger partial charge < -0.3 is 9.94 Å². The maximum absolute atomic E-state index is 12.5. The van der Waals surface area contributed by atoms with Crippen LogP contribution in [0, 0.1) is 5.92 Å². The molecule has 0 aliphatic heterocycles. The normalized spacial score (nSPS) is 21.2. The van der Waals surface area contributed by atoms with Crippen LogP contribution in [0.4, 0.5) is 0 Å². The minimum atomic E-state index is 0.00866. The molecule has 2 atom stereocenters. The molecule has 0 radical (unpaired) electrons. The predicted molar refractivity (Wildman–Crippen MR) is 93.6 cm³/mol. The number of thioether (sulfide) groups is 1. The maximum Gasteiger partial charge on any atom is 0.168 e. The summed E-state index contributed by atoms with van der Waals surface area (Å²) >= 11 is 1.90. The van der Waals surface area contributed by atoms with Crippen LogP contribution in [0.5, 0.6) is 0 Å². The Bertz CT molecular complexity index is 432. The quantitative estimate of drug-likeness (QED) is 0.500. The van der Waals surface area contributed by atoms with Crippen molar-refractivity contribution in [2.45, 2.75) is 65.0 Å². The molecule has 0 unspecified atom stereocenters. The van der Waals surface area contributed by atoms with Gasteiger partial charge in [0.15, 0.2) is 5.78 Å². The van der Waals surface area contributed by atoms with Crippen molar-refractivity contribution in [3.05, 3.63) is 11.3 Å². The molecule has 0 bridgehead atoms. The predicted octanol–water partition coefficient (Wildman–Crippen LogP) is 4.50. The lowest BCUT2D eigenvalue weighted by Gasteiger charge is -2.25. The lowest BCUT2D eigenvalue weighted by atomic mass is 9.82. The molecule has 0 heterocycles. The van der Waals surface area contributed by atoms with Crippen molar-refractivity contribution in [3.63, 3.8) is 0 Å². The average Bonchev–Trinajstić information content (AvgIpc) is 2.44. The number of carbonyl (C=O) groups is 1. The van der Waals surface area contributed by atoms with Crippen LogP contribution < -0.4 is 0 Å². The molecule has 0 saturated heterocycles. The first-order valence-electron chi connectivity index (χ1n) is 8.29. The fourth-order valence-electron chi connectivity index (χ4n) is 2.88. The van der Waals surface area contributed by atoms with Gasteiger partial charge in [-0.25, -0.2) is 0 Å². The Hall–Kier alpha value is -0.970. The molecule has 1 rings (SSSR count). The highest BCUT2D eigenvalue weighted by molar-refractivity contribution is 7.99. The largest absolute Gasteiger partial charge is 0.511 e. The van der Waals surface area contributed by atoms with Crippen LogP contribution in [0.2, 0.25) is 0 Å². The number of carbonyl (C=O) groups excluding carboxylic acids is 1. The van der Waals surface area contributed by atoms with E-state index in [-0.39, 0.29) is 17.5 Å². The number of Topliss-reactive ketones (excluding diaryl/α,β-unsaturated/α-hetero) is 1. The smallest absolute Gasteiger partial charge is 0.168 e. The van der Waals surface area contributed by atoms with E-state index in [4.69, 9.17) is 4.84 Å². The lowest BCUT2D eigenvalue weighted by Crippen LogP contribution is -2.26. The first-order chi connectivity index (χ1) is 10.5. The molecule has 1 aliphatic carbocycles. The number of ketones is 1. The molecule has 0 aromatic heterocycles. The van der Waals surface area contributed by atoms with Gasteiger partial charge in [0, 0.05) is 18.1 Å². The first-order valence-corrected chi connectivity index (χ1v) is 9.34. The summed E-state index contributed by atoms with van der Waals surface area (Å²) in [5.74, 6) is 1.52. The zero-order chi connectivity index (χ0) is 16.5. The number of aliphatic hydroxyl groups excluding tert-OH is 1. The van der Waals surface area contributed by atoms with Crippen molar-refractivity contribution < 1.29 is 14.7 Å². The fraction of sp³-hybridized carbons (Fsp3) is 0.765. The van der Waals surface area contributed by atoms with Crippen molar-refractivity contribution in [2.75, 3.05) is 12.4 Å². The third-order valence-electron chi connectivity index (χ3n) is 3.72. The molecule has 1 aliphatic rings. The second-order valence-electron chi connectivity index (χ2n) is 5.73. The SMILES string of the molecule is CCC/C(=N\OCC)C1=C(O)C[C@@H](C[C@H](C)SCC)CC1=O. The zero-order valence-electron chi connectivity index (χ0n) is 14.2. The Kier molecular flexibility index (Phi) is 8.61. The van der Waals surface area contributed by atoms with Gasteiger partial charge in [-0.15, -0.1) is 0 Å². The van der Waals surface area contributed by atoms with Crippen molar-refractivity contribution in [1.29, 1.82) is 0 Å². The molecule has 4 nitrogen and oxygen atoms in total. The summed E-state index contributed by atoms with van der Waals surface area (Å²) in [6.45, 7) is 8.67. The Morgan fingerprint density at radius 2 is 2.14 bits per heavy atom. The molecule has 0 aromatic rings. The number of allylic oxidation sites excluding steroid dienone is 2. The molecule has 0 amide bonds. The van der Waals surface area contributed by atoms with Crippen LogP contribution in [0.1, 0.15) is 59.8 Å². The van der Waals surface area contributed by atoms with Gasteiger partial charge in [0.25, 0.3) is 0 Å². The number of oxime groups is 1. The van der Waals surface area contributed by atoms with Gasteiger partial charge in [-0.05, 0) is 31.4 Å². The van der Waals surface area contributed by atoms with E-state index in [2.05, 4.69) is 19.0 Å². The summed E-state index contributed by atoms with van der Waals surface area (Å²) in [7, 11) is 0. The Labute approximate surface area is 138 Å². The van der Waals surface area contributed by atoms with Crippen molar-refractivity contribution in [3.8, 4) is 0 Å². The van der Waals surface area contributed by atoms with E-state index < -0.39 is 0 Å². The number of hydrogen-bond acceptors (Lipinski definition) is 5. The van der Waals surface area contributed by atoms with Gasteiger partial charge in [-0.1, -0.05) is 32.3 Å². The highest BCUT2D eigenvalue weighted by Gasteiger charge is 2.31. The maximum atomic E-state index is 12.5. The number of aliphatic hydroxyl groups is 1. The highest BCUT2D eigenvalue weighted by Crippen LogP contribution is 2.32. The van der Waals surface area contributed by atoms with E-state index in [0.717, 1.165) is 18.6 Å². The number of nitrogens with zero attached hydrogens (tertiary/aromatic N) is 1. The summed E-state index contributed by atoms with van der Waals surface area (Å²) in [4.78, 5) is 17.6. The number of hydrogen-bond donors (Lipinski definition) is 1. The van der Waals surface area contributed by atoms with Gasteiger partial charge in [0.05, 0.1) is 11.3 Å². The van der Waals surface area contributed by atoms with E-state index in [1.807, 2.05) is 25.6 Å². The molecule has 0 fully saturated rings. The van der Waals surface area contributed by atoms with Gasteiger partial charge in [-0.2, -0.15) is 11.8 Å². The molecule has 5 heteroatoms. The standard InChI is InChI=1S/C17H29NO3S/c1-5-8-14(18-21-6-2)17-15(19)10-13(11-16(17)20)9-12(4)22-7-3/h12-13,19H,5-11H2,1-4H3/b18-14+/t12-,13+/m0/s1. The lowest BCUT2D eigenvalue weighted by molar-refractivity contribution is -0.116. The fourth-order valence-corrected chi connectivity index (χ4v) is 3.86. The van der Waals surface area contributed by atoms with E-state index in [0.29, 0.717) is 42.4 Å². The van der Waals surface area contributed by atoms with E-state index in [1.54, 1.807) is 0 Å². The van der Waals surface area contributed by atoms with Gasteiger partial charge in [-0.3, -0.25) is 4.79 Å². The van der Waals surface area contributed by atoms with Crippen molar-refractivity contribution in [2.24, 2.45) is 11.1 Å². The van der Waals surface area contributed by atoms with Crippen LogP contribution in [0.15, 0.2) is 16.5 Å². The average molecular weight is 327 g/mol. The molecule has 1 N–H and O–H groups in total. The summed E-state index contributed by atoms with van der Waals surface area (Å²) in [6.07, 6.45) is 3.56. The minimum Gasteiger partial charge on any atom is -0.511 e. The Morgan fingerprint density at radius 3 is 2.68 bits per heavy atom. The molecular formula is C17H29NO3S. The van der Waals surface area contributed by atoms with Gasteiger partial charge in [0.2, 0.25) is 0 Å². The molecule has 126 valence electrons. The Balaban J connectivity index is 2.85. The topological polar surface area (TPSA) is 58.9 Å². The van der Waals surface area contributed by atoms with Gasteiger partial charge in [0.1, 0.15) is 12.4 Å². The monoisotopic (exact) mass is 327 g/mol. The van der Waals surface area contributed by atoms with Crippen LogP contribution in [-0.4, -0.2) is 34.2 Å². The molecule has 0 saturated carbocycles. The van der Waals surface area contributed by atoms with Crippen LogP contribution in [-0.2, 0) is 9.63 Å². The van der Waals surface area contributed by atoms with E-state index in [9.17, 15) is 9.90 Å². The summed E-state index contributed by atoms with van der Waals surface area (Å²) in [5.41, 5.74) is 1.00. The zero-order valence-corrected chi connectivity index (χ0v) is 15.0. The summed E-state index contributed by atoms with van der Waals surface area (Å²) in [6, 6.07) is 0. The van der Waals surface area contributed by atoms with Crippen molar-refractivity contribution in [1.82, 2.24) is 0 Å². The van der Waals surface area contributed by atoms with Crippen LogP contribution in [0.3, 0.4) is 0 Å². The minimum absolute atomic E-state index is 0.00866. The van der Waals surface area contributed by atoms with E-state index >= 15 is 0 Å². The van der Waals surface area contributed by atoms with Gasteiger partial charge >= 0.3 is 0 Å². The van der Waals surface area contributed by atoms with Crippen LogP contribution in [0.25, 0.3) is 0 Å². The third-order valence-corrected chi connectivity index (χ3v) is 4.81. The summed E-state index contributed by atoms with van der Waals surface area (Å²) in [5, 5.41) is 14.9. The Morgan fingerprint density at radius 1 is 1.41 bits per heavy atom. The molecular weight excluding hydrogens is 298 g/mol. The third kappa shape index (κ3) is 5.67. The van der Waals surface area contributed by atoms with Crippen molar-refractivity contribution >= 4 is 23.3 Å². The second kappa shape index (κ2) is 9.93. The molecule has 22 heavy (non-hydrogen) atoms. The van der Waals surface area contributed by atoms with E-state index in [1.165, 1.54) is 0 Å². The summed E-state index contributed by atoms with van der Waals surface area (Å²) < 4.78 is 0. The number of rotatable bonds is 9. The molecule has 0 aromatic carbocycles.